The van der Waals surface area contributed by atoms with E-state index in [0.29, 0.717) is 23.7 Å². The van der Waals surface area contributed by atoms with Gasteiger partial charge in [0, 0.05) is 4.88 Å². The van der Waals surface area contributed by atoms with Crippen molar-refractivity contribution in [1.29, 1.82) is 0 Å². The number of nitrogens with zero attached hydrogens (tertiary/aromatic N) is 1. The quantitative estimate of drug-likeness (QED) is 0.788. The van der Waals surface area contributed by atoms with Crippen LogP contribution in [0.2, 0.25) is 0 Å². The fourth-order valence-electron chi connectivity index (χ4n) is 1.68. The van der Waals surface area contributed by atoms with Crippen LogP contribution >= 0.6 is 11.3 Å². The summed E-state index contributed by atoms with van der Waals surface area (Å²) in [5.41, 5.74) is 1.49. The summed E-state index contributed by atoms with van der Waals surface area (Å²) in [6.07, 6.45) is 0.760. The second kappa shape index (κ2) is 5.84. The molecule has 0 amide bonds. The molecule has 0 aliphatic rings. The molecule has 0 N–H and O–H groups in total. The Kier molecular flexibility index (Phi) is 4.16. The van der Waals surface area contributed by atoms with Crippen molar-refractivity contribution in [1.82, 2.24) is 4.98 Å². The number of thiazole rings is 1. The minimum atomic E-state index is 0.334. The first-order chi connectivity index (χ1) is 9.15. The van der Waals surface area contributed by atoms with E-state index in [-0.39, 0.29) is 0 Å². The van der Waals surface area contributed by atoms with Crippen LogP contribution in [0, 0.1) is 13.8 Å². The Morgan fingerprint density at radius 3 is 2.74 bits per heavy atom. The third-order valence-corrected chi connectivity index (χ3v) is 3.82. The lowest BCUT2D eigenvalue weighted by Crippen LogP contribution is -2.00. The Bertz CT molecular complexity index is 573. The molecule has 100 valence electrons. The highest BCUT2D eigenvalue weighted by atomic mass is 32.1. The first-order valence-electron chi connectivity index (χ1n) is 5.83. The molecule has 2 rings (SSSR count). The van der Waals surface area contributed by atoms with E-state index in [0.717, 1.165) is 17.0 Å². The van der Waals surface area contributed by atoms with Crippen LogP contribution in [-0.2, 0) is 6.61 Å². The SMILES string of the molecule is COc1cccc(C=O)c1OCc1nc(C)c(C)s1. The van der Waals surface area contributed by atoms with E-state index in [2.05, 4.69) is 4.98 Å². The predicted molar refractivity (Wildman–Crippen MR) is 74.3 cm³/mol. The maximum absolute atomic E-state index is 11.0. The van der Waals surface area contributed by atoms with E-state index in [1.54, 1.807) is 36.6 Å². The molecular formula is C14H15NO3S. The zero-order chi connectivity index (χ0) is 13.8. The number of rotatable bonds is 5. The molecule has 0 unspecified atom stereocenters. The van der Waals surface area contributed by atoms with Crippen molar-refractivity contribution in [3.05, 3.63) is 39.3 Å². The van der Waals surface area contributed by atoms with Gasteiger partial charge in [0.15, 0.2) is 17.8 Å². The van der Waals surface area contributed by atoms with Crippen molar-refractivity contribution in [3.8, 4) is 11.5 Å². The molecule has 1 aromatic heterocycles. The van der Waals surface area contributed by atoms with Crippen LogP contribution in [0.5, 0.6) is 11.5 Å². The van der Waals surface area contributed by atoms with Crippen LogP contribution in [0.25, 0.3) is 0 Å². The number of carbonyl (C=O) groups is 1. The van der Waals surface area contributed by atoms with E-state index >= 15 is 0 Å². The average Bonchev–Trinajstić information content (AvgIpc) is 2.75. The van der Waals surface area contributed by atoms with Gasteiger partial charge in [-0.3, -0.25) is 4.79 Å². The number of hydrogen-bond acceptors (Lipinski definition) is 5. The van der Waals surface area contributed by atoms with Crippen molar-refractivity contribution in [2.45, 2.75) is 20.5 Å². The van der Waals surface area contributed by atoms with Gasteiger partial charge in [-0.1, -0.05) is 6.07 Å². The number of para-hydroxylation sites is 1. The standard InChI is InChI=1S/C14H15NO3S/c1-9-10(2)19-13(15-9)8-18-14-11(7-16)5-4-6-12(14)17-3/h4-7H,8H2,1-3H3. The molecule has 1 aromatic carbocycles. The van der Waals surface area contributed by atoms with E-state index < -0.39 is 0 Å². The molecule has 0 bridgehead atoms. The Balaban J connectivity index is 2.21. The smallest absolute Gasteiger partial charge is 0.172 e. The predicted octanol–water partition coefficient (Wildman–Crippen LogP) is 3.16. The minimum Gasteiger partial charge on any atom is -0.493 e. The van der Waals surface area contributed by atoms with E-state index in [1.165, 1.54) is 4.88 Å². The van der Waals surface area contributed by atoms with Crippen LogP contribution in [0.4, 0.5) is 0 Å². The molecule has 0 fully saturated rings. The summed E-state index contributed by atoms with van der Waals surface area (Å²) in [5, 5.41) is 0.887. The van der Waals surface area contributed by atoms with Gasteiger partial charge < -0.3 is 9.47 Å². The van der Waals surface area contributed by atoms with Crippen LogP contribution in [0.15, 0.2) is 18.2 Å². The lowest BCUT2D eigenvalue weighted by molar-refractivity contribution is 0.111. The Morgan fingerprint density at radius 1 is 1.37 bits per heavy atom. The highest BCUT2D eigenvalue weighted by Gasteiger charge is 2.11. The maximum Gasteiger partial charge on any atom is 0.172 e. The van der Waals surface area contributed by atoms with Gasteiger partial charge in [0.1, 0.15) is 11.6 Å². The minimum absolute atomic E-state index is 0.334. The largest absolute Gasteiger partial charge is 0.493 e. The van der Waals surface area contributed by atoms with Gasteiger partial charge >= 0.3 is 0 Å². The maximum atomic E-state index is 11.0. The summed E-state index contributed by atoms with van der Waals surface area (Å²) in [6, 6.07) is 5.22. The number of aldehydes is 1. The van der Waals surface area contributed by atoms with Crippen LogP contribution in [0.1, 0.15) is 25.9 Å². The van der Waals surface area contributed by atoms with E-state index in [4.69, 9.17) is 9.47 Å². The molecule has 0 saturated carbocycles. The van der Waals surface area contributed by atoms with Crippen molar-refractivity contribution >= 4 is 17.6 Å². The summed E-state index contributed by atoms with van der Waals surface area (Å²) < 4.78 is 10.9. The van der Waals surface area contributed by atoms with Gasteiger partial charge in [-0.05, 0) is 26.0 Å². The molecule has 0 radical (unpaired) electrons. The van der Waals surface area contributed by atoms with Crippen molar-refractivity contribution < 1.29 is 14.3 Å². The number of hydrogen-bond donors (Lipinski definition) is 0. The lowest BCUT2D eigenvalue weighted by atomic mass is 10.2. The number of aromatic nitrogens is 1. The van der Waals surface area contributed by atoms with Gasteiger partial charge in [-0.15, -0.1) is 11.3 Å². The molecule has 2 aromatic rings. The van der Waals surface area contributed by atoms with Crippen molar-refractivity contribution in [2.75, 3.05) is 7.11 Å². The number of aryl methyl sites for hydroxylation is 2. The number of carbonyl (C=O) groups excluding carboxylic acids is 1. The zero-order valence-corrected chi connectivity index (χ0v) is 11.9. The molecule has 0 aliphatic heterocycles. The van der Waals surface area contributed by atoms with Crippen LogP contribution < -0.4 is 9.47 Å². The van der Waals surface area contributed by atoms with Gasteiger partial charge in [0.05, 0.1) is 18.4 Å². The Morgan fingerprint density at radius 2 is 2.16 bits per heavy atom. The van der Waals surface area contributed by atoms with Gasteiger partial charge in [-0.25, -0.2) is 4.98 Å². The van der Waals surface area contributed by atoms with Gasteiger partial charge in [0.2, 0.25) is 0 Å². The summed E-state index contributed by atoms with van der Waals surface area (Å²) in [6.45, 7) is 4.33. The number of benzene rings is 1. The summed E-state index contributed by atoms with van der Waals surface area (Å²) >= 11 is 1.60. The summed E-state index contributed by atoms with van der Waals surface area (Å²) in [5.74, 6) is 1.01. The average molecular weight is 277 g/mol. The van der Waals surface area contributed by atoms with Crippen LogP contribution in [0.3, 0.4) is 0 Å². The van der Waals surface area contributed by atoms with Crippen LogP contribution in [-0.4, -0.2) is 18.4 Å². The first-order valence-corrected chi connectivity index (χ1v) is 6.65. The number of methoxy groups -OCH3 is 1. The van der Waals surface area contributed by atoms with E-state index in [9.17, 15) is 4.79 Å². The van der Waals surface area contributed by atoms with E-state index in [1.807, 2.05) is 13.8 Å². The molecule has 0 aliphatic carbocycles. The van der Waals surface area contributed by atoms with Crippen molar-refractivity contribution in [2.24, 2.45) is 0 Å². The fourth-order valence-corrected chi connectivity index (χ4v) is 2.52. The highest BCUT2D eigenvalue weighted by molar-refractivity contribution is 7.11. The molecule has 0 spiro atoms. The summed E-state index contributed by atoms with van der Waals surface area (Å²) in [7, 11) is 1.55. The first kappa shape index (κ1) is 13.5. The van der Waals surface area contributed by atoms with Crippen molar-refractivity contribution in [3.63, 3.8) is 0 Å². The molecular weight excluding hydrogens is 262 g/mol. The molecule has 0 saturated heterocycles. The van der Waals surface area contributed by atoms with Gasteiger partial charge in [-0.2, -0.15) is 0 Å². The summed E-state index contributed by atoms with van der Waals surface area (Å²) in [4.78, 5) is 16.6. The monoisotopic (exact) mass is 277 g/mol. The number of ether oxygens (including phenoxy) is 2. The Labute approximate surface area is 116 Å². The molecule has 4 nitrogen and oxygen atoms in total. The normalized spacial score (nSPS) is 10.3. The zero-order valence-electron chi connectivity index (χ0n) is 11.1. The molecule has 19 heavy (non-hydrogen) atoms. The Hall–Kier alpha value is -1.88. The molecule has 5 heteroatoms. The second-order valence-corrected chi connectivity index (χ2v) is 5.32. The fraction of sp³-hybridized carbons (Fsp3) is 0.286. The highest BCUT2D eigenvalue weighted by Crippen LogP contribution is 2.31. The lowest BCUT2D eigenvalue weighted by Gasteiger charge is -2.11. The third-order valence-electron chi connectivity index (χ3n) is 2.77. The second-order valence-electron chi connectivity index (χ2n) is 4.03. The molecule has 0 atom stereocenters. The molecule has 1 heterocycles. The van der Waals surface area contributed by atoms with Gasteiger partial charge in [0.25, 0.3) is 0 Å². The topological polar surface area (TPSA) is 48.4 Å². The third kappa shape index (κ3) is 2.93.